The van der Waals surface area contributed by atoms with Crippen LogP contribution in [0.4, 0.5) is 5.69 Å². The molecule has 4 nitrogen and oxygen atoms in total. The molecule has 0 unspecified atom stereocenters. The van der Waals surface area contributed by atoms with E-state index in [9.17, 15) is 4.79 Å². The Labute approximate surface area is 245 Å². The molecule has 3 aromatic rings. The number of hydrogen-bond acceptors (Lipinski definition) is 3. The van der Waals surface area contributed by atoms with Crippen LogP contribution in [0.2, 0.25) is 5.02 Å². The number of hydrogen-bond donors (Lipinski definition) is 0. The topological polar surface area (TPSA) is 26.8 Å². The lowest BCUT2D eigenvalue weighted by Crippen LogP contribution is -2.46. The second kappa shape index (κ2) is 14.0. The first-order valence-electron chi connectivity index (χ1n) is 14.9. The van der Waals surface area contributed by atoms with Crippen LogP contribution in [0.1, 0.15) is 65.9 Å². The summed E-state index contributed by atoms with van der Waals surface area (Å²) in [6, 6.07) is 28.0. The van der Waals surface area contributed by atoms with Gasteiger partial charge in [0.25, 0.3) is 5.91 Å². The molecule has 1 aliphatic heterocycles. The van der Waals surface area contributed by atoms with E-state index in [-0.39, 0.29) is 11.9 Å². The highest BCUT2D eigenvalue weighted by Crippen LogP contribution is 2.30. The minimum atomic E-state index is 0.0274. The van der Waals surface area contributed by atoms with E-state index in [0.29, 0.717) is 23.0 Å². The lowest BCUT2D eigenvalue weighted by molar-refractivity contribution is 0.0663. The molecule has 0 bridgehead atoms. The number of carbonyl (C=O) groups is 1. The molecule has 0 N–H and O–H groups in total. The normalized spacial score (nSPS) is 16.7. The minimum absolute atomic E-state index is 0.0274. The van der Waals surface area contributed by atoms with Crippen molar-refractivity contribution in [2.45, 2.75) is 50.5 Å². The number of carbonyl (C=O) groups excluding carboxylic acids is 1. The van der Waals surface area contributed by atoms with E-state index < -0.39 is 0 Å². The fourth-order valence-corrected chi connectivity index (χ4v) is 6.65. The molecule has 210 valence electrons. The number of nitrogens with zero attached hydrogens (tertiary/aromatic N) is 3. The quantitative estimate of drug-likeness (QED) is 0.240. The molecule has 0 radical (unpaired) electrons. The van der Waals surface area contributed by atoms with Gasteiger partial charge in [-0.05, 0) is 55.1 Å². The molecule has 3 aromatic carbocycles. The molecule has 1 amide bonds. The fraction of sp³-hybridized carbons (Fsp3) is 0.400. The van der Waals surface area contributed by atoms with Gasteiger partial charge in [-0.2, -0.15) is 0 Å². The maximum absolute atomic E-state index is 13.5. The number of amides is 1. The predicted molar refractivity (Wildman–Crippen MR) is 168 cm³/mol. The fourth-order valence-electron chi connectivity index (χ4n) is 6.40. The van der Waals surface area contributed by atoms with Gasteiger partial charge in [-0.15, -0.1) is 6.58 Å². The molecular formula is C35H42ClN3O. The van der Waals surface area contributed by atoms with Gasteiger partial charge in [-0.1, -0.05) is 97.6 Å². The Hall–Kier alpha value is -3.08. The predicted octanol–water partition coefficient (Wildman–Crippen LogP) is 7.65. The van der Waals surface area contributed by atoms with Crippen LogP contribution < -0.4 is 4.90 Å². The lowest BCUT2D eigenvalue weighted by atomic mass is 9.88. The summed E-state index contributed by atoms with van der Waals surface area (Å²) in [4.78, 5) is 20.4. The van der Waals surface area contributed by atoms with Crippen molar-refractivity contribution in [1.29, 1.82) is 0 Å². The number of piperazine rings is 1. The molecule has 2 fully saturated rings. The first-order chi connectivity index (χ1) is 19.6. The maximum atomic E-state index is 13.5. The molecule has 2 aliphatic rings. The van der Waals surface area contributed by atoms with E-state index in [1.54, 1.807) is 0 Å². The van der Waals surface area contributed by atoms with Crippen LogP contribution in [0.25, 0.3) is 0 Å². The molecule has 5 heteroatoms. The number of anilines is 1. The van der Waals surface area contributed by atoms with Crippen molar-refractivity contribution >= 4 is 23.2 Å². The summed E-state index contributed by atoms with van der Waals surface area (Å²) in [5.74, 6) is 0.429. The largest absolute Gasteiger partial charge is 0.369 e. The van der Waals surface area contributed by atoms with E-state index in [4.69, 9.17) is 11.6 Å². The van der Waals surface area contributed by atoms with Crippen LogP contribution >= 0.6 is 11.6 Å². The van der Waals surface area contributed by atoms with E-state index in [0.717, 1.165) is 57.7 Å². The van der Waals surface area contributed by atoms with E-state index in [1.807, 2.05) is 23.1 Å². The van der Waals surface area contributed by atoms with Gasteiger partial charge in [-0.25, -0.2) is 0 Å². The van der Waals surface area contributed by atoms with E-state index in [1.165, 1.54) is 30.4 Å². The molecule has 0 atom stereocenters. The SMILES string of the molecule is C=CCN(C(=O)c1ccc(N2CCN(CCC(c3ccccc3)c3ccccc3)CC2)cc1Cl)C1CCCCC1. The van der Waals surface area contributed by atoms with E-state index in [2.05, 4.69) is 83.1 Å². The Bertz CT molecular complexity index is 1190. The number of benzene rings is 3. The molecule has 1 aliphatic carbocycles. The maximum Gasteiger partial charge on any atom is 0.255 e. The van der Waals surface area contributed by atoms with Crippen LogP contribution in [0, 0.1) is 0 Å². The van der Waals surface area contributed by atoms with Crippen LogP contribution in [0.5, 0.6) is 0 Å². The van der Waals surface area contributed by atoms with Crippen molar-refractivity contribution in [3.05, 3.63) is 113 Å². The Morgan fingerprint density at radius 3 is 2.10 bits per heavy atom. The molecule has 1 heterocycles. The van der Waals surface area contributed by atoms with Crippen LogP contribution in [-0.2, 0) is 0 Å². The van der Waals surface area contributed by atoms with Gasteiger partial charge in [-0.3, -0.25) is 9.69 Å². The molecule has 1 saturated heterocycles. The van der Waals surface area contributed by atoms with Gasteiger partial charge in [0.2, 0.25) is 0 Å². The zero-order valence-corrected chi connectivity index (χ0v) is 24.3. The summed E-state index contributed by atoms with van der Waals surface area (Å²) >= 11 is 6.75. The summed E-state index contributed by atoms with van der Waals surface area (Å²) in [5.41, 5.74) is 4.46. The third-order valence-electron chi connectivity index (χ3n) is 8.66. The Morgan fingerprint density at radius 1 is 0.900 bits per heavy atom. The molecule has 5 rings (SSSR count). The summed E-state index contributed by atoms with van der Waals surface area (Å²) in [6.45, 7) is 9.47. The van der Waals surface area contributed by atoms with Crippen LogP contribution in [-0.4, -0.2) is 61.0 Å². The third-order valence-corrected chi connectivity index (χ3v) is 8.97. The third kappa shape index (κ3) is 6.97. The summed E-state index contributed by atoms with van der Waals surface area (Å²) in [5, 5.41) is 0.545. The molecular weight excluding hydrogens is 514 g/mol. The first kappa shape index (κ1) is 28.4. The zero-order chi connectivity index (χ0) is 27.7. The second-order valence-corrected chi connectivity index (χ2v) is 11.6. The van der Waals surface area contributed by atoms with Crippen LogP contribution in [0.3, 0.4) is 0 Å². The highest BCUT2D eigenvalue weighted by Gasteiger charge is 2.27. The van der Waals surface area contributed by atoms with Gasteiger partial charge in [0.15, 0.2) is 0 Å². The monoisotopic (exact) mass is 555 g/mol. The van der Waals surface area contributed by atoms with Gasteiger partial charge >= 0.3 is 0 Å². The summed E-state index contributed by atoms with van der Waals surface area (Å²) in [7, 11) is 0. The highest BCUT2D eigenvalue weighted by molar-refractivity contribution is 6.34. The van der Waals surface area contributed by atoms with Crippen molar-refractivity contribution in [1.82, 2.24) is 9.80 Å². The van der Waals surface area contributed by atoms with Crippen molar-refractivity contribution in [3.63, 3.8) is 0 Å². The molecule has 0 aromatic heterocycles. The smallest absolute Gasteiger partial charge is 0.255 e. The number of rotatable bonds is 10. The molecule has 40 heavy (non-hydrogen) atoms. The van der Waals surface area contributed by atoms with Crippen LogP contribution in [0.15, 0.2) is 91.5 Å². The first-order valence-corrected chi connectivity index (χ1v) is 15.3. The van der Waals surface area contributed by atoms with Crippen molar-refractivity contribution in [2.24, 2.45) is 0 Å². The summed E-state index contributed by atoms with van der Waals surface area (Å²) in [6.07, 6.45) is 8.69. The molecule has 1 saturated carbocycles. The highest BCUT2D eigenvalue weighted by atomic mass is 35.5. The lowest BCUT2D eigenvalue weighted by Gasteiger charge is -2.37. The van der Waals surface area contributed by atoms with Gasteiger partial charge in [0.05, 0.1) is 10.6 Å². The zero-order valence-electron chi connectivity index (χ0n) is 23.6. The van der Waals surface area contributed by atoms with E-state index >= 15 is 0 Å². The second-order valence-electron chi connectivity index (χ2n) is 11.2. The minimum Gasteiger partial charge on any atom is -0.369 e. The van der Waals surface area contributed by atoms with Crippen molar-refractivity contribution in [3.8, 4) is 0 Å². The Kier molecular flexibility index (Phi) is 9.96. The number of halogens is 1. The van der Waals surface area contributed by atoms with Gasteiger partial charge < -0.3 is 9.80 Å². The van der Waals surface area contributed by atoms with Crippen molar-refractivity contribution in [2.75, 3.05) is 44.2 Å². The standard InChI is InChI=1S/C35H42ClN3O/c1-2-21-39(30-16-10-5-11-17-30)35(40)33-19-18-31(27-34(33)36)38-25-23-37(24-26-38)22-20-32(28-12-6-3-7-13-28)29-14-8-4-9-15-29/h2-4,6-9,12-15,18-19,27,30,32H,1,5,10-11,16-17,20-26H2. The summed E-state index contributed by atoms with van der Waals surface area (Å²) < 4.78 is 0. The Morgan fingerprint density at radius 2 is 1.52 bits per heavy atom. The average Bonchev–Trinajstić information content (AvgIpc) is 3.01. The van der Waals surface area contributed by atoms with Gasteiger partial charge in [0, 0.05) is 50.4 Å². The average molecular weight is 556 g/mol. The molecule has 0 spiro atoms. The van der Waals surface area contributed by atoms with Gasteiger partial charge in [0.1, 0.15) is 0 Å². The van der Waals surface area contributed by atoms with Crippen molar-refractivity contribution < 1.29 is 4.79 Å². The Balaban J connectivity index is 1.19.